The van der Waals surface area contributed by atoms with Crippen molar-refractivity contribution < 1.29 is 0 Å². The first-order chi connectivity index (χ1) is 9.54. The first-order valence-electron chi connectivity index (χ1n) is 6.23. The number of nitrogens with zero attached hydrogens (tertiary/aromatic N) is 4. The molecule has 102 valence electrons. The first-order valence-corrected chi connectivity index (χ1v) is 6.61. The van der Waals surface area contributed by atoms with Crippen LogP contribution in [0.3, 0.4) is 0 Å². The van der Waals surface area contributed by atoms with E-state index >= 15 is 0 Å². The predicted octanol–water partition coefficient (Wildman–Crippen LogP) is 3.38. The monoisotopic (exact) mass is 287 g/mol. The molecule has 3 rings (SSSR count). The number of fused-ring (bicyclic) bond motifs is 1. The van der Waals surface area contributed by atoms with Gasteiger partial charge in [0.05, 0.1) is 6.33 Å². The minimum atomic E-state index is 0.184. The molecular formula is C14H14ClN5. The van der Waals surface area contributed by atoms with E-state index in [0.717, 1.165) is 16.8 Å². The molecule has 0 aliphatic carbocycles. The molecule has 3 aromatic rings. The van der Waals surface area contributed by atoms with Gasteiger partial charge in [0.2, 0.25) is 5.28 Å². The molecule has 0 aliphatic rings. The highest BCUT2D eigenvalue weighted by Crippen LogP contribution is 2.26. The van der Waals surface area contributed by atoms with Crippen LogP contribution in [0.4, 0.5) is 11.5 Å². The zero-order valence-corrected chi connectivity index (χ0v) is 12.2. The molecule has 0 saturated heterocycles. The van der Waals surface area contributed by atoms with Crippen LogP contribution >= 0.6 is 11.6 Å². The Balaban J connectivity index is 2.14. The first kappa shape index (κ1) is 12.9. The van der Waals surface area contributed by atoms with Crippen molar-refractivity contribution in [1.29, 1.82) is 0 Å². The Hall–Kier alpha value is -2.14. The highest BCUT2D eigenvalue weighted by molar-refractivity contribution is 6.28. The van der Waals surface area contributed by atoms with Crippen LogP contribution in [0.25, 0.3) is 11.2 Å². The molecule has 0 atom stereocenters. The summed E-state index contributed by atoms with van der Waals surface area (Å²) in [5.41, 5.74) is 4.73. The minimum Gasteiger partial charge on any atom is -0.338 e. The van der Waals surface area contributed by atoms with Gasteiger partial charge in [0.25, 0.3) is 0 Å². The Morgan fingerprint density at radius 2 is 2.00 bits per heavy atom. The second kappa shape index (κ2) is 4.76. The van der Waals surface area contributed by atoms with Gasteiger partial charge in [-0.2, -0.15) is 9.97 Å². The number of halogens is 1. The van der Waals surface area contributed by atoms with Crippen LogP contribution in [0.5, 0.6) is 0 Å². The van der Waals surface area contributed by atoms with Crippen molar-refractivity contribution in [2.45, 2.75) is 13.8 Å². The van der Waals surface area contributed by atoms with Gasteiger partial charge >= 0.3 is 0 Å². The third-order valence-corrected chi connectivity index (χ3v) is 3.36. The quantitative estimate of drug-likeness (QED) is 0.734. The molecule has 0 aliphatic heterocycles. The third kappa shape index (κ3) is 2.20. The highest BCUT2D eigenvalue weighted by atomic mass is 35.5. The smallest absolute Gasteiger partial charge is 0.226 e. The summed E-state index contributed by atoms with van der Waals surface area (Å²) in [5.74, 6) is 0.661. The highest BCUT2D eigenvalue weighted by Gasteiger charge is 2.12. The molecule has 1 N–H and O–H groups in total. The Bertz CT molecular complexity index is 794. The van der Waals surface area contributed by atoms with Crippen LogP contribution in [-0.4, -0.2) is 19.5 Å². The number of imidazole rings is 1. The summed E-state index contributed by atoms with van der Waals surface area (Å²) in [6, 6.07) is 6.22. The number of anilines is 2. The fraction of sp³-hybridized carbons (Fsp3) is 0.214. The molecular weight excluding hydrogens is 274 g/mol. The van der Waals surface area contributed by atoms with Crippen LogP contribution in [0, 0.1) is 13.8 Å². The van der Waals surface area contributed by atoms with Crippen molar-refractivity contribution in [3.05, 3.63) is 40.9 Å². The van der Waals surface area contributed by atoms with Crippen LogP contribution in [0.1, 0.15) is 11.1 Å². The molecule has 0 amide bonds. The summed E-state index contributed by atoms with van der Waals surface area (Å²) < 4.78 is 1.87. The lowest BCUT2D eigenvalue weighted by atomic mass is 10.1. The number of hydrogen-bond acceptors (Lipinski definition) is 4. The topological polar surface area (TPSA) is 55.6 Å². The van der Waals surface area contributed by atoms with Gasteiger partial charge in [0.15, 0.2) is 11.5 Å². The molecule has 1 aromatic carbocycles. The Labute approximate surface area is 121 Å². The van der Waals surface area contributed by atoms with E-state index < -0.39 is 0 Å². The van der Waals surface area contributed by atoms with Crippen molar-refractivity contribution >= 4 is 34.3 Å². The molecule has 5 nitrogen and oxygen atoms in total. The maximum absolute atomic E-state index is 5.96. The number of aryl methyl sites for hydroxylation is 3. The molecule has 6 heteroatoms. The fourth-order valence-corrected chi connectivity index (χ4v) is 2.28. The van der Waals surface area contributed by atoms with E-state index in [1.54, 1.807) is 6.33 Å². The Morgan fingerprint density at radius 1 is 1.20 bits per heavy atom. The number of hydrogen-bond donors (Lipinski definition) is 1. The van der Waals surface area contributed by atoms with Crippen LogP contribution in [0.2, 0.25) is 5.28 Å². The van der Waals surface area contributed by atoms with Crippen molar-refractivity contribution in [2.75, 3.05) is 5.32 Å². The summed E-state index contributed by atoms with van der Waals surface area (Å²) >= 11 is 5.96. The van der Waals surface area contributed by atoms with Gasteiger partial charge in [-0.05, 0) is 42.6 Å². The lowest BCUT2D eigenvalue weighted by Gasteiger charge is -2.11. The zero-order valence-electron chi connectivity index (χ0n) is 11.5. The average molecular weight is 288 g/mol. The predicted molar refractivity (Wildman–Crippen MR) is 80.5 cm³/mol. The minimum absolute atomic E-state index is 0.184. The van der Waals surface area contributed by atoms with Gasteiger partial charge in [0, 0.05) is 12.7 Å². The number of rotatable bonds is 2. The van der Waals surface area contributed by atoms with Crippen molar-refractivity contribution in [3.63, 3.8) is 0 Å². The van der Waals surface area contributed by atoms with Gasteiger partial charge in [0.1, 0.15) is 5.52 Å². The standard InChI is InChI=1S/C14H14ClN5/c1-8-4-5-9(2)10(6-8)17-13-11-12(16-7-20(11)3)18-14(15)19-13/h4-7H,1-3H3,(H,17,18,19). The molecule has 0 unspecified atom stereocenters. The molecule has 2 aromatic heterocycles. The Morgan fingerprint density at radius 3 is 2.80 bits per heavy atom. The average Bonchev–Trinajstić information content (AvgIpc) is 2.75. The van der Waals surface area contributed by atoms with Gasteiger partial charge in [-0.15, -0.1) is 0 Å². The zero-order chi connectivity index (χ0) is 14.3. The van der Waals surface area contributed by atoms with E-state index in [-0.39, 0.29) is 5.28 Å². The largest absolute Gasteiger partial charge is 0.338 e. The summed E-state index contributed by atoms with van der Waals surface area (Å²) in [4.78, 5) is 12.6. The SMILES string of the molecule is Cc1ccc(C)c(Nc2nc(Cl)nc3ncn(C)c23)c1. The molecule has 0 fully saturated rings. The lowest BCUT2D eigenvalue weighted by Crippen LogP contribution is -2.01. The molecule has 0 saturated carbocycles. The normalized spacial score (nSPS) is 11.0. The van der Waals surface area contributed by atoms with E-state index in [2.05, 4.69) is 45.4 Å². The van der Waals surface area contributed by atoms with E-state index in [1.807, 2.05) is 18.5 Å². The maximum atomic E-state index is 5.96. The number of aromatic nitrogens is 4. The summed E-state index contributed by atoms with van der Waals surface area (Å²) in [6.07, 6.45) is 1.70. The van der Waals surface area contributed by atoms with Gasteiger partial charge in [-0.1, -0.05) is 12.1 Å². The molecule has 0 spiro atoms. The van der Waals surface area contributed by atoms with Crippen LogP contribution < -0.4 is 5.32 Å². The van der Waals surface area contributed by atoms with E-state index in [4.69, 9.17) is 11.6 Å². The van der Waals surface area contributed by atoms with Gasteiger partial charge < -0.3 is 9.88 Å². The summed E-state index contributed by atoms with van der Waals surface area (Å²) in [6.45, 7) is 4.10. The van der Waals surface area contributed by atoms with Crippen LogP contribution in [-0.2, 0) is 7.05 Å². The van der Waals surface area contributed by atoms with Crippen molar-refractivity contribution in [3.8, 4) is 0 Å². The maximum Gasteiger partial charge on any atom is 0.226 e. The third-order valence-electron chi connectivity index (χ3n) is 3.19. The van der Waals surface area contributed by atoms with E-state index in [0.29, 0.717) is 11.5 Å². The second-order valence-electron chi connectivity index (χ2n) is 4.81. The second-order valence-corrected chi connectivity index (χ2v) is 5.15. The Kier molecular flexibility index (Phi) is 3.06. The number of benzene rings is 1. The molecule has 0 bridgehead atoms. The van der Waals surface area contributed by atoms with Gasteiger partial charge in [-0.3, -0.25) is 0 Å². The van der Waals surface area contributed by atoms with Crippen LogP contribution in [0.15, 0.2) is 24.5 Å². The van der Waals surface area contributed by atoms with E-state index in [1.165, 1.54) is 5.56 Å². The summed E-state index contributed by atoms with van der Waals surface area (Å²) in [5, 5.41) is 3.51. The number of nitrogens with one attached hydrogen (secondary N) is 1. The van der Waals surface area contributed by atoms with Gasteiger partial charge in [-0.25, -0.2) is 4.98 Å². The fourth-order valence-electron chi connectivity index (χ4n) is 2.12. The summed E-state index contributed by atoms with van der Waals surface area (Å²) in [7, 11) is 1.90. The van der Waals surface area contributed by atoms with Crippen molar-refractivity contribution in [1.82, 2.24) is 19.5 Å². The molecule has 0 radical (unpaired) electrons. The lowest BCUT2D eigenvalue weighted by molar-refractivity contribution is 0.945. The van der Waals surface area contributed by atoms with E-state index in [9.17, 15) is 0 Å². The van der Waals surface area contributed by atoms with Crippen molar-refractivity contribution in [2.24, 2.45) is 7.05 Å². The molecule has 20 heavy (non-hydrogen) atoms. The molecule has 2 heterocycles.